The number of halogens is 1. The van der Waals surface area contributed by atoms with Crippen molar-refractivity contribution in [3.8, 4) is 28.4 Å². The number of carbonyl (C=O) groups excluding carboxylic acids is 3. The number of unbranched alkanes of at least 4 members (excludes halogenated alkanes) is 31. The Balaban J connectivity index is 0.0000162. The summed E-state index contributed by atoms with van der Waals surface area (Å²) in [6.07, 6.45) is 56.4. The monoisotopic (exact) mass is 1510 g/mol. The summed E-state index contributed by atoms with van der Waals surface area (Å²) in [5.74, 6) is 0.682. The van der Waals surface area contributed by atoms with Gasteiger partial charge in [0.15, 0.2) is 22.6 Å². The Labute approximate surface area is 661 Å². The predicted molar refractivity (Wildman–Crippen MR) is 449 cm³/mol. The minimum atomic E-state index is -0.449. The van der Waals surface area contributed by atoms with E-state index in [1.165, 1.54) is 245 Å². The molecule has 1 aliphatic carbocycles. The first-order valence-electron chi connectivity index (χ1n) is 41.7. The summed E-state index contributed by atoms with van der Waals surface area (Å²) in [6.45, 7) is 16.4. The summed E-state index contributed by atoms with van der Waals surface area (Å²) in [7, 11) is 4.73. The van der Waals surface area contributed by atoms with E-state index in [2.05, 4.69) is 133 Å². The summed E-state index contributed by atoms with van der Waals surface area (Å²) in [5, 5.41) is 10.5. The Morgan fingerprint density at radius 3 is 1.73 bits per heavy atom. The third-order valence-corrected chi connectivity index (χ3v) is 23.4. The van der Waals surface area contributed by atoms with Crippen molar-refractivity contribution in [3.05, 3.63) is 164 Å². The molecule has 3 amide bonds. The largest absolute Gasteiger partial charge is 1.00 e. The van der Waals surface area contributed by atoms with Crippen LogP contribution in [0.2, 0.25) is 0 Å². The molecular formula is C93H133ClN6O7S. The van der Waals surface area contributed by atoms with Crippen LogP contribution in [0.4, 0.5) is 11.4 Å². The number of para-hydroxylation sites is 1. The molecule has 0 unspecified atom stereocenters. The molecule has 0 saturated heterocycles. The van der Waals surface area contributed by atoms with Crippen LogP contribution in [-0.4, -0.2) is 74.9 Å². The summed E-state index contributed by atoms with van der Waals surface area (Å²) < 4.78 is 20.0. The molecule has 15 heteroatoms. The van der Waals surface area contributed by atoms with Crippen molar-refractivity contribution in [2.24, 2.45) is 5.10 Å². The fourth-order valence-corrected chi connectivity index (χ4v) is 16.8. The Bertz CT molecular complexity index is 3820. The molecule has 0 bridgehead atoms. The summed E-state index contributed by atoms with van der Waals surface area (Å²) >= 11 is 1.37. The number of amides is 3. The van der Waals surface area contributed by atoms with Crippen molar-refractivity contribution < 1.29 is 45.6 Å². The molecule has 1 atom stereocenters. The number of allylic oxidation sites excluding steroid dienone is 4. The number of methoxy groups -OCH3 is 3. The molecule has 3 aliphatic rings. The number of nitrogens with one attached hydrogen (secondary N) is 3. The third kappa shape index (κ3) is 25.4. The van der Waals surface area contributed by atoms with Crippen molar-refractivity contribution in [1.82, 2.24) is 16.1 Å². The van der Waals surface area contributed by atoms with Gasteiger partial charge in [0.25, 0.3) is 11.8 Å². The van der Waals surface area contributed by atoms with Crippen LogP contribution in [0, 0.1) is 0 Å². The predicted octanol–water partition coefficient (Wildman–Crippen LogP) is 20.2. The standard InChI is InChI=1S/C93H132N6O7S.ClH/c1-11-13-15-17-19-21-23-25-26-27-28-29-30-31-32-34-36-37-39-45-64-98-79-49-42-41-48-76(79)92(3,4)84(98)50-47-51-85-93(5,6)77-66-70(53-61-80(77)99(85)65-46-40-38-35-33-24-22-20-18-16-14-12-2)69-94-90(102)71-54-56-72(57-55-71)91(103)97-95-63-44-43-52-86(101)96-78-60-58-73-67-82(104-7)88(105-8)89(106-9)87(73)74-59-62-83(107-10)81(100)68-75(74)78;/h41-42,47-51,53-57,59,61-63,66-68,78H,11-40,43-46,52,58,60,64-65,69H2,1-10H3,(H2-,94,96,97,101,102,103);1H/b95-63+;/t78-;/m0./s1. The highest BCUT2D eigenvalue weighted by atomic mass is 35.5. The molecule has 2 heterocycles. The molecule has 8 rings (SSSR count). The fraction of sp³-hybridized carbons (Fsp3) is 0.570. The van der Waals surface area contributed by atoms with Gasteiger partial charge in [-0.05, 0) is 141 Å². The number of ether oxygens (including phenoxy) is 3. The zero-order chi connectivity index (χ0) is 76.2. The van der Waals surface area contributed by atoms with Crippen molar-refractivity contribution in [2.45, 2.75) is 307 Å². The second-order valence-electron chi connectivity index (χ2n) is 31.3. The number of benzene rings is 4. The summed E-state index contributed by atoms with van der Waals surface area (Å²) in [5.41, 5.74) is 15.0. The lowest BCUT2D eigenvalue weighted by Crippen LogP contribution is -3.00. The van der Waals surface area contributed by atoms with E-state index in [1.54, 1.807) is 57.9 Å². The van der Waals surface area contributed by atoms with Gasteiger partial charge < -0.3 is 42.2 Å². The smallest absolute Gasteiger partial charge is 0.271 e. The van der Waals surface area contributed by atoms with Gasteiger partial charge in [-0.15, -0.1) is 11.8 Å². The van der Waals surface area contributed by atoms with E-state index in [-0.39, 0.29) is 46.9 Å². The van der Waals surface area contributed by atoms with E-state index in [0.29, 0.717) is 71.1 Å². The lowest BCUT2D eigenvalue weighted by Gasteiger charge is -2.27. The molecule has 5 aromatic rings. The van der Waals surface area contributed by atoms with Crippen LogP contribution in [0.15, 0.2) is 130 Å². The average molecular weight is 1510 g/mol. The summed E-state index contributed by atoms with van der Waals surface area (Å²) in [4.78, 5) is 57.3. The lowest BCUT2D eigenvalue weighted by molar-refractivity contribution is -0.438. The fourth-order valence-electron chi connectivity index (χ4n) is 16.3. The molecule has 108 heavy (non-hydrogen) atoms. The van der Waals surface area contributed by atoms with Gasteiger partial charge >= 0.3 is 0 Å². The molecule has 2 aliphatic heterocycles. The quantitative estimate of drug-likeness (QED) is 0.0114. The molecule has 0 fully saturated rings. The first-order valence-corrected chi connectivity index (χ1v) is 42.9. The van der Waals surface area contributed by atoms with Crippen molar-refractivity contribution >= 4 is 52.8 Å². The number of hydrogen-bond acceptors (Lipinski definition) is 10. The number of thioether (sulfide) groups is 1. The maximum absolute atomic E-state index is 13.8. The van der Waals surface area contributed by atoms with E-state index in [4.69, 9.17) is 14.2 Å². The Hall–Kier alpha value is -7.16. The number of fused-ring (bicyclic) bond motifs is 5. The molecule has 3 N–H and O–H groups in total. The first kappa shape index (κ1) is 88.1. The van der Waals surface area contributed by atoms with Gasteiger partial charge in [-0.1, -0.05) is 256 Å². The number of anilines is 1. The van der Waals surface area contributed by atoms with Crippen LogP contribution in [0.25, 0.3) is 11.1 Å². The first-order chi connectivity index (χ1) is 52.1. The van der Waals surface area contributed by atoms with Crippen LogP contribution < -0.4 is 53.0 Å². The normalized spacial score (nSPS) is 15.0. The van der Waals surface area contributed by atoms with Gasteiger partial charge in [0.05, 0.1) is 37.7 Å². The minimum absolute atomic E-state index is 0. The molecule has 590 valence electrons. The lowest BCUT2D eigenvalue weighted by atomic mass is 9.81. The molecule has 5 aromatic carbocycles. The number of nitrogens with zero attached hydrogens (tertiary/aromatic N) is 3. The zero-order valence-electron chi connectivity index (χ0n) is 67.8. The van der Waals surface area contributed by atoms with Gasteiger partial charge in [0.1, 0.15) is 6.54 Å². The van der Waals surface area contributed by atoms with Crippen molar-refractivity contribution in [3.63, 3.8) is 0 Å². The maximum Gasteiger partial charge on any atom is 0.271 e. The average Bonchev–Trinajstić information content (AvgIpc) is 1.59. The van der Waals surface area contributed by atoms with Gasteiger partial charge in [0.2, 0.25) is 17.3 Å². The third-order valence-electron chi connectivity index (χ3n) is 22.6. The second kappa shape index (κ2) is 47.1. The highest BCUT2D eigenvalue weighted by Gasteiger charge is 2.44. The molecule has 0 spiro atoms. The molecule has 0 radical (unpaired) electrons. The van der Waals surface area contributed by atoms with E-state index >= 15 is 0 Å². The SMILES string of the molecule is CCCCCCCCCCCCCCCCCCCCCC[N+]1=C(/C=C\C=C2\N(CCCCCCCCCCCCCC)c3ccc(CNC(=O)c4ccc(C(=O)N/N=C/CCCC(=O)N[C@H]5CCc6cc(OC)c(OC)c(OC)c6-c6ccc(SC)c(=O)cc65)cc4)cc3C2(C)C)C(C)(C)c2ccccc21.[Cl-]. The molecular weight excluding hydrogens is 1380 g/mol. The highest BCUT2D eigenvalue weighted by Crippen LogP contribution is 2.51. The molecule has 0 saturated carbocycles. The van der Waals surface area contributed by atoms with Crippen LogP contribution >= 0.6 is 11.8 Å². The van der Waals surface area contributed by atoms with Gasteiger partial charge in [-0.25, -0.2) is 5.43 Å². The van der Waals surface area contributed by atoms with Crippen LogP contribution in [0.5, 0.6) is 17.2 Å². The van der Waals surface area contributed by atoms with E-state index < -0.39 is 11.9 Å². The molecule has 0 aromatic heterocycles. The number of carbonyl (C=O) groups is 3. The van der Waals surface area contributed by atoms with E-state index in [0.717, 1.165) is 41.8 Å². The van der Waals surface area contributed by atoms with Crippen LogP contribution in [0.3, 0.4) is 0 Å². The van der Waals surface area contributed by atoms with Crippen molar-refractivity contribution in [2.75, 3.05) is 45.6 Å². The summed E-state index contributed by atoms with van der Waals surface area (Å²) in [6, 6.07) is 29.2. The van der Waals surface area contributed by atoms with Gasteiger partial charge in [0, 0.05) is 83.3 Å². The molecule has 13 nitrogen and oxygen atoms in total. The Morgan fingerprint density at radius 1 is 0.611 bits per heavy atom. The number of rotatable bonds is 50. The second-order valence-corrected chi connectivity index (χ2v) is 32.2. The zero-order valence-corrected chi connectivity index (χ0v) is 69.4. The number of hydrazone groups is 1. The van der Waals surface area contributed by atoms with Crippen molar-refractivity contribution in [1.29, 1.82) is 0 Å². The topological polar surface area (TPSA) is 151 Å². The number of aryl methyl sites for hydroxylation is 1. The van der Waals surface area contributed by atoms with Gasteiger partial charge in [-0.3, -0.25) is 19.2 Å². The maximum atomic E-state index is 13.8. The Kier molecular flexibility index (Phi) is 38.4. The minimum Gasteiger partial charge on any atom is -1.00 e. The van der Waals surface area contributed by atoms with Crippen LogP contribution in [0.1, 0.15) is 327 Å². The van der Waals surface area contributed by atoms with Crippen LogP contribution in [-0.2, 0) is 28.6 Å². The number of hydrogen-bond donors (Lipinski definition) is 3. The van der Waals surface area contributed by atoms with E-state index in [9.17, 15) is 19.2 Å². The Morgan fingerprint density at radius 2 is 1.17 bits per heavy atom. The highest BCUT2D eigenvalue weighted by molar-refractivity contribution is 7.98. The van der Waals surface area contributed by atoms with E-state index in [1.807, 2.05) is 24.5 Å². The van der Waals surface area contributed by atoms with Gasteiger partial charge in [-0.2, -0.15) is 9.68 Å².